The lowest BCUT2D eigenvalue weighted by molar-refractivity contribution is 0.00220. The van der Waals surface area contributed by atoms with Crippen molar-refractivity contribution in [2.75, 3.05) is 13.1 Å². The van der Waals surface area contributed by atoms with Crippen LogP contribution in [0, 0.1) is 6.92 Å². The molecule has 10 heteroatoms. The van der Waals surface area contributed by atoms with E-state index in [4.69, 9.17) is 16.3 Å². The number of piperidine rings is 1. The number of hydrogen-bond donors (Lipinski definition) is 0. The van der Waals surface area contributed by atoms with Gasteiger partial charge in [-0.2, -0.15) is 0 Å². The zero-order valence-corrected chi connectivity index (χ0v) is 24.4. The summed E-state index contributed by atoms with van der Waals surface area (Å²) in [5.74, 6) is 0. The van der Waals surface area contributed by atoms with Crippen LogP contribution in [0.2, 0.25) is 5.02 Å². The van der Waals surface area contributed by atoms with Crippen LogP contribution in [-0.2, 0) is 20.4 Å². The molecule has 0 aliphatic carbocycles. The number of alkyl halides is 1. The van der Waals surface area contributed by atoms with Crippen LogP contribution >= 0.6 is 11.6 Å². The summed E-state index contributed by atoms with van der Waals surface area (Å²) < 4.78 is 50.3. The van der Waals surface area contributed by atoms with Gasteiger partial charge in [0.25, 0.3) is 10.0 Å². The minimum atomic E-state index is -4.03. The first-order valence-corrected chi connectivity index (χ1v) is 14.9. The Kier molecular flexibility index (Phi) is 7.17. The average molecular weight is 584 g/mol. The first kappa shape index (κ1) is 28.1. The van der Waals surface area contributed by atoms with E-state index in [1.165, 1.54) is 15.1 Å². The van der Waals surface area contributed by atoms with E-state index in [1.54, 1.807) is 81.4 Å². The minimum absolute atomic E-state index is 0.120. The molecule has 2 aromatic heterocycles. The van der Waals surface area contributed by atoms with Gasteiger partial charge >= 0.3 is 6.09 Å². The Morgan fingerprint density at radius 2 is 1.65 bits per heavy atom. The van der Waals surface area contributed by atoms with Crippen molar-refractivity contribution in [2.24, 2.45) is 0 Å². The van der Waals surface area contributed by atoms with Crippen molar-refractivity contribution in [2.45, 2.75) is 56.7 Å². The molecule has 1 aliphatic rings. The van der Waals surface area contributed by atoms with Gasteiger partial charge in [0.2, 0.25) is 0 Å². The van der Waals surface area contributed by atoms with Crippen molar-refractivity contribution >= 4 is 38.8 Å². The van der Waals surface area contributed by atoms with Crippen molar-refractivity contribution in [1.29, 1.82) is 0 Å². The number of aromatic nitrogens is 2. The van der Waals surface area contributed by atoms with Crippen molar-refractivity contribution in [1.82, 2.24) is 13.9 Å². The summed E-state index contributed by atoms with van der Waals surface area (Å²) in [6.07, 6.45) is 1.29. The van der Waals surface area contributed by atoms with E-state index < -0.39 is 27.4 Å². The molecule has 1 fully saturated rings. The molecule has 1 aliphatic heterocycles. The van der Waals surface area contributed by atoms with E-state index in [-0.39, 0.29) is 36.5 Å². The number of ether oxygens (including phenoxy) is 1. The van der Waals surface area contributed by atoms with Gasteiger partial charge in [-0.3, -0.25) is 0 Å². The van der Waals surface area contributed by atoms with Crippen molar-refractivity contribution < 1.29 is 22.3 Å². The van der Waals surface area contributed by atoms with Crippen LogP contribution in [0.4, 0.5) is 9.18 Å². The summed E-state index contributed by atoms with van der Waals surface area (Å²) in [5.41, 5.74) is 0.322. The molecular weight excluding hydrogens is 553 g/mol. The number of fused-ring (bicyclic) bond motifs is 1. The Morgan fingerprint density at radius 1 is 1.02 bits per heavy atom. The van der Waals surface area contributed by atoms with Gasteiger partial charge in [-0.05, 0) is 63.1 Å². The van der Waals surface area contributed by atoms with Crippen molar-refractivity contribution in [3.63, 3.8) is 0 Å². The maximum Gasteiger partial charge on any atom is 0.410 e. The van der Waals surface area contributed by atoms with Gasteiger partial charge in [-0.1, -0.05) is 53.6 Å². The molecule has 0 saturated carbocycles. The number of hydrogen-bond acceptors (Lipinski definition) is 5. The Labute approximate surface area is 238 Å². The molecule has 0 bridgehead atoms. The number of pyridine rings is 1. The van der Waals surface area contributed by atoms with Gasteiger partial charge in [0.1, 0.15) is 11.3 Å². The van der Waals surface area contributed by atoms with Crippen LogP contribution in [0.3, 0.4) is 0 Å². The second kappa shape index (κ2) is 10.2. The molecule has 1 saturated heterocycles. The van der Waals surface area contributed by atoms with Gasteiger partial charge in [-0.15, -0.1) is 0 Å². The fourth-order valence-electron chi connectivity index (χ4n) is 4.90. The molecule has 0 atom stereocenters. The first-order chi connectivity index (χ1) is 18.8. The molecule has 4 aromatic rings. The number of amides is 1. The predicted octanol–water partition coefficient (Wildman–Crippen LogP) is 7.10. The molecule has 0 radical (unpaired) electrons. The summed E-state index contributed by atoms with van der Waals surface area (Å²) in [6, 6.07) is 16.7. The van der Waals surface area contributed by atoms with Gasteiger partial charge in [0.15, 0.2) is 5.65 Å². The highest BCUT2D eigenvalue weighted by molar-refractivity contribution is 7.90. The molecule has 40 heavy (non-hydrogen) atoms. The standard InChI is InChI=1S/C30H31ClFN3O4S/c1-20-5-11-23(12-6-20)40(37,38)35-26(19-24-25(31)13-16-33-27(24)35)21-7-9-22(10-8-21)30(32)14-17-34(18-15-30)28(36)39-29(2,3)4/h5-13,16,19H,14-15,17-18H2,1-4H3. The fraction of sp³-hybridized carbons (Fsp3) is 0.333. The predicted molar refractivity (Wildman–Crippen MR) is 154 cm³/mol. The Bertz CT molecular complexity index is 1670. The van der Waals surface area contributed by atoms with Gasteiger partial charge < -0.3 is 9.64 Å². The number of halogens is 2. The second-order valence-corrected chi connectivity index (χ2v) is 13.3. The molecule has 0 spiro atoms. The average Bonchev–Trinajstić information content (AvgIpc) is 3.30. The van der Waals surface area contributed by atoms with E-state index in [0.717, 1.165) is 5.56 Å². The molecular formula is C30H31ClFN3O4S. The van der Waals surface area contributed by atoms with Crippen molar-refractivity contribution in [3.8, 4) is 11.3 Å². The summed E-state index contributed by atoms with van der Waals surface area (Å²) in [6.45, 7) is 7.75. The van der Waals surface area contributed by atoms with Crippen molar-refractivity contribution in [3.05, 3.63) is 83.0 Å². The summed E-state index contributed by atoms with van der Waals surface area (Å²) in [7, 11) is -4.03. The zero-order valence-electron chi connectivity index (χ0n) is 22.8. The number of nitrogens with zero attached hydrogens (tertiary/aromatic N) is 3. The summed E-state index contributed by atoms with van der Waals surface area (Å²) >= 11 is 6.43. The SMILES string of the molecule is Cc1ccc(S(=O)(=O)n2c(-c3ccc(C4(F)CCN(C(=O)OC(C)(C)C)CC4)cc3)cc3c(Cl)ccnc32)cc1. The highest BCUT2D eigenvalue weighted by atomic mass is 35.5. The van der Waals surface area contributed by atoms with E-state index in [9.17, 15) is 13.2 Å². The second-order valence-electron chi connectivity index (χ2n) is 11.2. The minimum Gasteiger partial charge on any atom is -0.444 e. The smallest absolute Gasteiger partial charge is 0.410 e. The molecule has 5 rings (SSSR count). The molecule has 210 valence electrons. The van der Waals surface area contributed by atoms with Crippen LogP contribution in [0.1, 0.15) is 44.7 Å². The Morgan fingerprint density at radius 3 is 2.25 bits per heavy atom. The number of aryl methyl sites for hydroxylation is 1. The Balaban J connectivity index is 1.48. The highest BCUT2D eigenvalue weighted by Crippen LogP contribution is 2.39. The fourth-order valence-corrected chi connectivity index (χ4v) is 6.58. The maximum atomic E-state index is 16.0. The molecule has 2 aromatic carbocycles. The number of carbonyl (C=O) groups is 1. The van der Waals surface area contributed by atoms with E-state index in [2.05, 4.69) is 4.98 Å². The first-order valence-electron chi connectivity index (χ1n) is 13.0. The van der Waals surface area contributed by atoms with Crippen LogP contribution in [0.25, 0.3) is 22.3 Å². The Hall–Kier alpha value is -3.43. The van der Waals surface area contributed by atoms with Crippen LogP contribution < -0.4 is 0 Å². The molecule has 7 nitrogen and oxygen atoms in total. The third-order valence-electron chi connectivity index (χ3n) is 7.07. The number of likely N-dealkylation sites (tertiary alicyclic amines) is 1. The number of benzene rings is 2. The van der Waals surface area contributed by atoms with Gasteiger partial charge in [0.05, 0.1) is 15.6 Å². The van der Waals surface area contributed by atoms with Gasteiger partial charge in [-0.25, -0.2) is 26.6 Å². The lowest BCUT2D eigenvalue weighted by Crippen LogP contribution is -2.45. The maximum absolute atomic E-state index is 16.0. The molecule has 3 heterocycles. The molecule has 0 N–H and O–H groups in total. The lowest BCUT2D eigenvalue weighted by Gasteiger charge is -2.37. The zero-order chi connectivity index (χ0) is 28.9. The molecule has 1 amide bonds. The number of carbonyl (C=O) groups excluding carboxylic acids is 1. The van der Waals surface area contributed by atoms with E-state index >= 15 is 4.39 Å². The van der Waals surface area contributed by atoms with E-state index in [1.807, 2.05) is 6.92 Å². The summed E-state index contributed by atoms with van der Waals surface area (Å²) in [5, 5.41) is 0.871. The monoisotopic (exact) mass is 583 g/mol. The summed E-state index contributed by atoms with van der Waals surface area (Å²) in [4.78, 5) is 18.4. The third kappa shape index (κ3) is 5.32. The number of rotatable bonds is 4. The van der Waals surface area contributed by atoms with Crippen LogP contribution in [0.15, 0.2) is 71.8 Å². The largest absolute Gasteiger partial charge is 0.444 e. The van der Waals surface area contributed by atoms with E-state index in [0.29, 0.717) is 27.2 Å². The van der Waals surface area contributed by atoms with Gasteiger partial charge in [0, 0.05) is 37.5 Å². The van der Waals surface area contributed by atoms with Crippen LogP contribution in [-0.4, -0.2) is 47.1 Å². The third-order valence-corrected chi connectivity index (χ3v) is 9.12. The topological polar surface area (TPSA) is 81.5 Å². The quantitative estimate of drug-likeness (QED) is 0.256. The lowest BCUT2D eigenvalue weighted by atomic mass is 9.86. The highest BCUT2D eigenvalue weighted by Gasteiger charge is 2.38. The normalized spacial score (nSPS) is 15.8. The molecule has 0 unspecified atom stereocenters. The van der Waals surface area contributed by atoms with Crippen LogP contribution in [0.5, 0.6) is 0 Å².